The van der Waals surface area contributed by atoms with Crippen LogP contribution in [-0.2, 0) is 11.2 Å². The first-order chi connectivity index (χ1) is 7.22. The van der Waals surface area contributed by atoms with Gasteiger partial charge in [0.1, 0.15) is 12.4 Å². The van der Waals surface area contributed by atoms with E-state index < -0.39 is 0 Å². The summed E-state index contributed by atoms with van der Waals surface area (Å²) in [6.07, 6.45) is 0.972. The van der Waals surface area contributed by atoms with Crippen molar-refractivity contribution in [3.63, 3.8) is 0 Å². The van der Waals surface area contributed by atoms with Crippen molar-refractivity contribution in [2.24, 2.45) is 10.7 Å². The van der Waals surface area contributed by atoms with Crippen LogP contribution in [0.5, 0.6) is 0 Å². The number of benzene rings is 1. The Kier molecular flexibility index (Phi) is 4.60. The Hall–Kier alpha value is -1.58. The van der Waals surface area contributed by atoms with E-state index in [0.29, 0.717) is 12.6 Å². The van der Waals surface area contributed by atoms with E-state index in [-0.39, 0.29) is 5.82 Å². The number of rotatable bonds is 1. The van der Waals surface area contributed by atoms with Crippen LogP contribution in [0.4, 0.5) is 4.39 Å². The molecule has 0 bridgehead atoms. The third kappa shape index (κ3) is 4.44. The fourth-order valence-corrected chi connectivity index (χ4v) is 1.07. The second kappa shape index (κ2) is 6.01. The summed E-state index contributed by atoms with van der Waals surface area (Å²) in [5, 5.41) is 0. The smallest absolute Gasteiger partial charge is 0.282 e. The Labute approximate surface area is 88.8 Å². The van der Waals surface area contributed by atoms with Gasteiger partial charge in [-0.15, -0.1) is 0 Å². The quantitative estimate of drug-likeness (QED) is 0.767. The topological polar surface area (TPSA) is 47.6 Å². The monoisotopic (exact) mass is 210 g/mol. The summed E-state index contributed by atoms with van der Waals surface area (Å²) in [5.74, 6) is -0.160. The second-order valence-electron chi connectivity index (χ2n) is 3.05. The second-order valence-corrected chi connectivity index (χ2v) is 3.05. The molecule has 0 saturated carbocycles. The molecule has 1 aliphatic rings. The Balaban J connectivity index is 0.000000162. The minimum absolute atomic E-state index is 0.160. The molecule has 1 aromatic carbocycles. The number of nitrogens with zero attached hydrogens (tertiary/aromatic N) is 1. The highest BCUT2D eigenvalue weighted by atomic mass is 19.1. The van der Waals surface area contributed by atoms with Gasteiger partial charge in [-0.25, -0.2) is 9.38 Å². The third-order valence-corrected chi connectivity index (χ3v) is 1.93. The maximum atomic E-state index is 12.2. The van der Waals surface area contributed by atoms with Gasteiger partial charge in [0.05, 0.1) is 6.54 Å². The Bertz CT molecular complexity index is 322. The van der Waals surface area contributed by atoms with Crippen LogP contribution in [0.25, 0.3) is 0 Å². The summed E-state index contributed by atoms with van der Waals surface area (Å²) < 4.78 is 16.9. The first-order valence-corrected chi connectivity index (χ1v) is 4.89. The van der Waals surface area contributed by atoms with E-state index in [4.69, 9.17) is 5.73 Å². The van der Waals surface area contributed by atoms with Gasteiger partial charge in [0.25, 0.3) is 6.02 Å². The average molecular weight is 210 g/mol. The number of amidine groups is 1. The molecule has 0 aliphatic carbocycles. The molecule has 0 radical (unpaired) electrons. The number of aliphatic imine (C=N–C) groups is 1. The van der Waals surface area contributed by atoms with E-state index in [1.165, 1.54) is 17.7 Å². The number of hydrogen-bond donors (Lipinski definition) is 1. The molecule has 0 atom stereocenters. The summed E-state index contributed by atoms with van der Waals surface area (Å²) >= 11 is 0. The SMILES string of the molecule is CCc1ccc(F)cc1.NC1=NCCO1. The van der Waals surface area contributed by atoms with Gasteiger partial charge in [-0.2, -0.15) is 0 Å². The van der Waals surface area contributed by atoms with E-state index >= 15 is 0 Å². The predicted octanol–water partition coefficient (Wildman–Crippen LogP) is 1.72. The summed E-state index contributed by atoms with van der Waals surface area (Å²) in [6.45, 7) is 3.44. The lowest BCUT2D eigenvalue weighted by Gasteiger charge is -1.92. The van der Waals surface area contributed by atoms with Gasteiger partial charge in [-0.05, 0) is 24.1 Å². The van der Waals surface area contributed by atoms with Crippen LogP contribution in [0.2, 0.25) is 0 Å². The van der Waals surface area contributed by atoms with Crippen molar-refractivity contribution >= 4 is 6.02 Å². The Morgan fingerprint density at radius 2 is 2.07 bits per heavy atom. The van der Waals surface area contributed by atoms with Gasteiger partial charge in [0, 0.05) is 0 Å². The maximum Gasteiger partial charge on any atom is 0.282 e. The molecule has 3 nitrogen and oxygen atoms in total. The first-order valence-electron chi connectivity index (χ1n) is 4.89. The van der Waals surface area contributed by atoms with Crippen LogP contribution in [0, 0.1) is 5.82 Å². The molecule has 1 heterocycles. The van der Waals surface area contributed by atoms with E-state index in [1.54, 1.807) is 12.1 Å². The minimum atomic E-state index is -0.160. The molecule has 0 unspecified atom stereocenters. The van der Waals surface area contributed by atoms with Crippen LogP contribution in [0.15, 0.2) is 29.3 Å². The summed E-state index contributed by atoms with van der Waals surface area (Å²) in [6, 6.07) is 6.90. The fraction of sp³-hybridized carbons (Fsp3) is 0.364. The van der Waals surface area contributed by atoms with Gasteiger partial charge in [-0.3, -0.25) is 0 Å². The van der Waals surface area contributed by atoms with E-state index in [1.807, 2.05) is 6.92 Å². The molecule has 0 amide bonds. The molecule has 4 heteroatoms. The minimum Gasteiger partial charge on any atom is -0.463 e. The zero-order chi connectivity index (χ0) is 11.1. The molecule has 82 valence electrons. The molecular weight excluding hydrogens is 195 g/mol. The first kappa shape index (κ1) is 11.5. The standard InChI is InChI=1S/C8H9F.C3H6N2O/c1-2-7-3-5-8(9)6-4-7;4-3-5-1-2-6-3/h3-6H,2H2,1H3;1-2H2,(H2,4,5). The van der Waals surface area contributed by atoms with Gasteiger partial charge in [-0.1, -0.05) is 19.1 Å². The van der Waals surface area contributed by atoms with Gasteiger partial charge in [0.15, 0.2) is 0 Å². The summed E-state index contributed by atoms with van der Waals surface area (Å²) in [7, 11) is 0. The van der Waals surface area contributed by atoms with Crippen LogP contribution in [-0.4, -0.2) is 19.2 Å². The van der Waals surface area contributed by atoms with Crippen molar-refractivity contribution < 1.29 is 9.13 Å². The van der Waals surface area contributed by atoms with Crippen LogP contribution in [0.1, 0.15) is 12.5 Å². The summed E-state index contributed by atoms with van der Waals surface area (Å²) in [5.41, 5.74) is 6.24. The van der Waals surface area contributed by atoms with Crippen LogP contribution >= 0.6 is 0 Å². The fourth-order valence-electron chi connectivity index (χ4n) is 1.07. The van der Waals surface area contributed by atoms with E-state index in [0.717, 1.165) is 13.0 Å². The lowest BCUT2D eigenvalue weighted by Crippen LogP contribution is -2.10. The molecule has 15 heavy (non-hydrogen) atoms. The van der Waals surface area contributed by atoms with Crippen molar-refractivity contribution in [1.29, 1.82) is 0 Å². The molecule has 0 spiro atoms. The largest absolute Gasteiger partial charge is 0.463 e. The number of halogens is 1. The Morgan fingerprint density at radius 1 is 1.40 bits per heavy atom. The van der Waals surface area contributed by atoms with E-state index in [9.17, 15) is 4.39 Å². The highest BCUT2D eigenvalue weighted by molar-refractivity contribution is 5.72. The highest BCUT2D eigenvalue weighted by Gasteiger charge is 1.97. The highest BCUT2D eigenvalue weighted by Crippen LogP contribution is 2.01. The van der Waals surface area contributed by atoms with E-state index in [2.05, 4.69) is 9.73 Å². The predicted molar refractivity (Wildman–Crippen MR) is 58.2 cm³/mol. The summed E-state index contributed by atoms with van der Waals surface area (Å²) in [4.78, 5) is 3.71. The molecule has 2 rings (SSSR count). The van der Waals surface area contributed by atoms with Crippen LogP contribution < -0.4 is 5.73 Å². The number of nitrogens with two attached hydrogens (primary N) is 1. The van der Waals surface area contributed by atoms with Crippen molar-refractivity contribution in [1.82, 2.24) is 0 Å². The molecule has 1 aliphatic heterocycles. The molecule has 0 fully saturated rings. The zero-order valence-corrected chi connectivity index (χ0v) is 8.74. The maximum absolute atomic E-state index is 12.2. The lowest BCUT2D eigenvalue weighted by atomic mass is 10.2. The molecule has 1 aromatic rings. The molecule has 2 N–H and O–H groups in total. The van der Waals surface area contributed by atoms with Gasteiger partial charge < -0.3 is 10.5 Å². The van der Waals surface area contributed by atoms with Crippen LogP contribution in [0.3, 0.4) is 0 Å². The van der Waals surface area contributed by atoms with Gasteiger partial charge >= 0.3 is 0 Å². The Morgan fingerprint density at radius 3 is 2.40 bits per heavy atom. The third-order valence-electron chi connectivity index (χ3n) is 1.93. The number of aryl methyl sites for hydroxylation is 1. The molecular formula is C11H15FN2O. The normalized spacial score (nSPS) is 13.6. The van der Waals surface area contributed by atoms with Gasteiger partial charge in [0.2, 0.25) is 0 Å². The van der Waals surface area contributed by atoms with Crippen molar-refractivity contribution in [2.75, 3.05) is 13.2 Å². The zero-order valence-electron chi connectivity index (χ0n) is 8.74. The number of ether oxygens (including phenoxy) is 1. The number of hydrogen-bond acceptors (Lipinski definition) is 3. The van der Waals surface area contributed by atoms with Crippen molar-refractivity contribution in [2.45, 2.75) is 13.3 Å². The van der Waals surface area contributed by atoms with Crippen molar-refractivity contribution in [3.8, 4) is 0 Å². The molecule has 0 aromatic heterocycles. The lowest BCUT2D eigenvalue weighted by molar-refractivity contribution is 0.342. The molecule has 0 saturated heterocycles. The van der Waals surface area contributed by atoms with Crippen molar-refractivity contribution in [3.05, 3.63) is 35.6 Å². The average Bonchev–Trinajstić information content (AvgIpc) is 2.71.